The van der Waals surface area contributed by atoms with Crippen molar-refractivity contribution in [1.82, 2.24) is 4.57 Å². The summed E-state index contributed by atoms with van der Waals surface area (Å²) in [5.74, 6) is 1.27. The molecule has 0 saturated carbocycles. The second-order valence-electron chi connectivity index (χ2n) is 11.5. The second-order valence-corrected chi connectivity index (χ2v) is 12.5. The van der Waals surface area contributed by atoms with Crippen molar-refractivity contribution in [2.24, 2.45) is 21.4 Å². The molecule has 37 heavy (non-hydrogen) atoms. The highest BCUT2D eigenvalue weighted by Crippen LogP contribution is 2.35. The molecular weight excluding hydrogens is 476 g/mol. The Labute approximate surface area is 227 Å². The number of benzene rings is 2. The van der Waals surface area contributed by atoms with E-state index in [4.69, 9.17) is 15.3 Å². The molecule has 3 aromatic rings. The number of thiazole rings is 1. The quantitative estimate of drug-likeness (QED) is 0.157. The van der Waals surface area contributed by atoms with E-state index < -0.39 is 0 Å². The van der Waals surface area contributed by atoms with E-state index in [1.165, 1.54) is 37.7 Å². The fourth-order valence-corrected chi connectivity index (χ4v) is 5.98. The SMILES string of the molecule is CCCCCCCCN=c1sc2cc(N=N)c(OCCC(C)CC(C)(C)C)cc2n1Cc1ccccc1. The Morgan fingerprint density at radius 2 is 1.76 bits per heavy atom. The molecule has 1 atom stereocenters. The number of nitrogens with one attached hydrogen (secondary N) is 1. The number of fused-ring (bicyclic) bond motifs is 1. The second kappa shape index (κ2) is 14.5. The average molecular weight is 523 g/mol. The van der Waals surface area contributed by atoms with Crippen molar-refractivity contribution in [3.8, 4) is 5.75 Å². The largest absolute Gasteiger partial charge is 0.491 e. The number of ether oxygens (including phenoxy) is 1. The molecule has 202 valence electrons. The molecule has 1 N–H and O–H groups in total. The summed E-state index contributed by atoms with van der Waals surface area (Å²) >= 11 is 1.69. The Kier molecular flexibility index (Phi) is 11.4. The minimum absolute atomic E-state index is 0.315. The Morgan fingerprint density at radius 1 is 1.03 bits per heavy atom. The summed E-state index contributed by atoms with van der Waals surface area (Å²) in [6, 6.07) is 14.6. The van der Waals surface area contributed by atoms with Crippen LogP contribution in [-0.2, 0) is 6.54 Å². The maximum atomic E-state index is 7.76. The van der Waals surface area contributed by atoms with Crippen LogP contribution in [0, 0.1) is 16.9 Å². The fraction of sp³-hybridized carbons (Fsp3) is 0.581. The Morgan fingerprint density at radius 3 is 2.46 bits per heavy atom. The minimum atomic E-state index is 0.315. The molecule has 0 saturated heterocycles. The summed E-state index contributed by atoms with van der Waals surface area (Å²) in [5, 5.41) is 3.80. The van der Waals surface area contributed by atoms with Crippen molar-refractivity contribution in [2.75, 3.05) is 13.2 Å². The lowest BCUT2D eigenvalue weighted by Gasteiger charge is -2.23. The molecule has 0 fully saturated rings. The van der Waals surface area contributed by atoms with E-state index in [1.807, 2.05) is 6.07 Å². The molecule has 1 aromatic heterocycles. The van der Waals surface area contributed by atoms with E-state index >= 15 is 0 Å². The normalized spacial score (nSPS) is 13.3. The first-order valence-electron chi connectivity index (χ1n) is 14.0. The van der Waals surface area contributed by atoms with Crippen molar-refractivity contribution >= 4 is 27.2 Å². The molecule has 2 aromatic carbocycles. The first-order chi connectivity index (χ1) is 17.8. The van der Waals surface area contributed by atoms with Gasteiger partial charge in [0.15, 0.2) is 4.80 Å². The molecule has 0 spiro atoms. The van der Waals surface area contributed by atoms with E-state index in [0.29, 0.717) is 29.4 Å². The summed E-state index contributed by atoms with van der Waals surface area (Å²) in [4.78, 5) is 6.05. The van der Waals surface area contributed by atoms with Gasteiger partial charge in [-0.2, -0.15) is 5.11 Å². The summed E-state index contributed by atoms with van der Waals surface area (Å²) in [6.07, 6.45) is 9.73. The van der Waals surface area contributed by atoms with Crippen molar-refractivity contribution in [3.05, 3.63) is 52.8 Å². The van der Waals surface area contributed by atoms with Gasteiger partial charge >= 0.3 is 0 Å². The smallest absolute Gasteiger partial charge is 0.186 e. The number of nitrogens with zero attached hydrogens (tertiary/aromatic N) is 3. The van der Waals surface area contributed by atoms with Gasteiger partial charge in [0.2, 0.25) is 0 Å². The number of unbranched alkanes of at least 4 members (excludes halogenated alkanes) is 5. The Balaban J connectivity index is 1.84. The average Bonchev–Trinajstić information content (AvgIpc) is 3.18. The van der Waals surface area contributed by atoms with Crippen LogP contribution in [0.15, 0.2) is 52.6 Å². The third kappa shape index (κ3) is 9.41. The van der Waals surface area contributed by atoms with Gasteiger partial charge < -0.3 is 9.30 Å². The zero-order chi connectivity index (χ0) is 26.7. The predicted octanol–water partition coefficient (Wildman–Crippen LogP) is 9.52. The molecule has 0 radical (unpaired) electrons. The van der Waals surface area contributed by atoms with Crippen LogP contribution in [0.25, 0.3) is 10.2 Å². The first kappa shape index (κ1) is 29.1. The van der Waals surface area contributed by atoms with Gasteiger partial charge in [0, 0.05) is 12.6 Å². The number of aromatic nitrogens is 1. The highest BCUT2D eigenvalue weighted by Gasteiger charge is 2.17. The number of hydrogen-bond acceptors (Lipinski definition) is 5. The maximum Gasteiger partial charge on any atom is 0.186 e. The number of hydrogen-bond donors (Lipinski definition) is 1. The minimum Gasteiger partial charge on any atom is -0.491 e. The van der Waals surface area contributed by atoms with E-state index in [2.05, 4.69) is 80.7 Å². The Bertz CT molecular complexity index is 1170. The van der Waals surface area contributed by atoms with Crippen LogP contribution in [0.3, 0.4) is 0 Å². The zero-order valence-corrected chi connectivity index (χ0v) is 24.4. The predicted molar refractivity (Wildman–Crippen MR) is 157 cm³/mol. The molecule has 5 nitrogen and oxygen atoms in total. The summed E-state index contributed by atoms with van der Waals surface area (Å²) in [6.45, 7) is 13.6. The van der Waals surface area contributed by atoms with E-state index in [1.54, 1.807) is 11.3 Å². The Hall–Kier alpha value is -2.47. The van der Waals surface area contributed by atoms with Crippen molar-refractivity contribution < 1.29 is 4.74 Å². The van der Waals surface area contributed by atoms with Crippen LogP contribution in [0.2, 0.25) is 0 Å². The number of rotatable bonds is 15. The van der Waals surface area contributed by atoms with Crippen LogP contribution < -0.4 is 9.54 Å². The standard InChI is InChI=1S/C31H46N4OS/c1-6-7-8-9-10-14-18-33-30-35(23-25-15-12-11-13-16-25)27-21-28(26(34-32)20-29(27)37-30)36-19-17-24(2)22-31(3,4)5/h11-13,15-16,20-21,24,32H,6-10,14,17-19,22-23H2,1-5H3. The lowest BCUT2D eigenvalue weighted by Crippen LogP contribution is -2.16. The van der Waals surface area contributed by atoms with Crippen LogP contribution in [-0.4, -0.2) is 17.7 Å². The van der Waals surface area contributed by atoms with Gasteiger partial charge in [-0.25, -0.2) is 5.53 Å². The van der Waals surface area contributed by atoms with Crippen LogP contribution in [0.4, 0.5) is 5.69 Å². The van der Waals surface area contributed by atoms with Gasteiger partial charge in [0.05, 0.1) is 23.4 Å². The molecular formula is C31H46N4OS. The highest BCUT2D eigenvalue weighted by atomic mass is 32.1. The maximum absolute atomic E-state index is 7.76. The van der Waals surface area contributed by atoms with Gasteiger partial charge in [-0.05, 0) is 42.2 Å². The van der Waals surface area contributed by atoms with Gasteiger partial charge in [-0.3, -0.25) is 4.99 Å². The summed E-state index contributed by atoms with van der Waals surface area (Å²) in [7, 11) is 0. The van der Waals surface area contributed by atoms with Gasteiger partial charge in [0.1, 0.15) is 11.4 Å². The summed E-state index contributed by atoms with van der Waals surface area (Å²) < 4.78 is 9.62. The molecule has 3 rings (SSSR count). The first-order valence-corrected chi connectivity index (χ1v) is 14.8. The highest BCUT2D eigenvalue weighted by molar-refractivity contribution is 7.16. The van der Waals surface area contributed by atoms with Crippen molar-refractivity contribution in [3.63, 3.8) is 0 Å². The molecule has 0 bridgehead atoms. The fourth-order valence-electron chi connectivity index (χ4n) is 4.91. The third-order valence-corrected chi connectivity index (χ3v) is 7.73. The molecule has 0 amide bonds. The molecule has 0 aliphatic heterocycles. The molecule has 1 unspecified atom stereocenters. The van der Waals surface area contributed by atoms with E-state index in [0.717, 1.165) is 47.4 Å². The zero-order valence-electron chi connectivity index (χ0n) is 23.6. The monoisotopic (exact) mass is 522 g/mol. The van der Waals surface area contributed by atoms with E-state index in [9.17, 15) is 0 Å². The van der Waals surface area contributed by atoms with Gasteiger partial charge in [0.25, 0.3) is 0 Å². The van der Waals surface area contributed by atoms with Gasteiger partial charge in [-0.15, -0.1) is 0 Å². The molecule has 0 aliphatic carbocycles. The molecule has 0 aliphatic rings. The third-order valence-electron chi connectivity index (χ3n) is 6.66. The topological polar surface area (TPSA) is 62.7 Å². The molecule has 1 heterocycles. The van der Waals surface area contributed by atoms with Crippen LogP contribution in [0.1, 0.15) is 91.5 Å². The lowest BCUT2D eigenvalue weighted by molar-refractivity contribution is 0.241. The van der Waals surface area contributed by atoms with Crippen molar-refractivity contribution in [2.45, 2.75) is 92.5 Å². The van der Waals surface area contributed by atoms with E-state index in [-0.39, 0.29) is 0 Å². The van der Waals surface area contributed by atoms with Crippen LogP contribution in [0.5, 0.6) is 5.75 Å². The van der Waals surface area contributed by atoms with Gasteiger partial charge in [-0.1, -0.05) is 108 Å². The molecule has 6 heteroatoms. The summed E-state index contributed by atoms with van der Waals surface area (Å²) in [5.41, 5.74) is 11.0. The lowest BCUT2D eigenvalue weighted by atomic mass is 9.84. The van der Waals surface area contributed by atoms with Crippen LogP contribution >= 0.6 is 11.3 Å². The van der Waals surface area contributed by atoms with Crippen molar-refractivity contribution in [1.29, 1.82) is 5.53 Å².